The first-order valence-corrected chi connectivity index (χ1v) is 6.95. The second-order valence-corrected chi connectivity index (χ2v) is 5.42. The molecule has 21 heavy (non-hydrogen) atoms. The van der Waals surface area contributed by atoms with E-state index in [9.17, 15) is 9.90 Å². The topological polar surface area (TPSA) is 93.2 Å². The Morgan fingerprint density at radius 3 is 2.62 bits per heavy atom. The average molecular weight is 286 g/mol. The number of nitrogens with one attached hydrogen (secondary N) is 1. The summed E-state index contributed by atoms with van der Waals surface area (Å²) in [5.41, 5.74) is 7.93. The van der Waals surface area contributed by atoms with Crippen LogP contribution < -0.4 is 11.1 Å². The summed E-state index contributed by atoms with van der Waals surface area (Å²) in [6.07, 6.45) is 1.18. The highest BCUT2D eigenvalue weighted by Crippen LogP contribution is 2.39. The highest BCUT2D eigenvalue weighted by Gasteiger charge is 2.33. The molecule has 0 aliphatic heterocycles. The van der Waals surface area contributed by atoms with Gasteiger partial charge in [-0.3, -0.25) is 5.32 Å². The summed E-state index contributed by atoms with van der Waals surface area (Å²) in [6, 6.07) is 8.95. The van der Waals surface area contributed by atoms with Gasteiger partial charge in [-0.1, -0.05) is 18.2 Å². The molecule has 6 heteroatoms. The molecule has 2 amide bonds. The average Bonchev–Trinajstić information content (AvgIpc) is 2.73. The number of hydrogen-bond donors (Lipinski definition) is 3. The molecule has 4 N–H and O–H groups in total. The minimum Gasteiger partial charge on any atom is -0.393 e. The van der Waals surface area contributed by atoms with Crippen LogP contribution in [0.3, 0.4) is 0 Å². The molecule has 0 atom stereocenters. The molecule has 2 aromatic rings. The fourth-order valence-corrected chi connectivity index (χ4v) is 2.73. The van der Waals surface area contributed by atoms with E-state index < -0.39 is 6.03 Å². The molecule has 1 aromatic carbocycles. The van der Waals surface area contributed by atoms with Crippen molar-refractivity contribution in [3.8, 4) is 5.69 Å². The zero-order valence-corrected chi connectivity index (χ0v) is 11.8. The number of anilines is 1. The molecule has 0 spiro atoms. The van der Waals surface area contributed by atoms with Crippen LogP contribution in [0.4, 0.5) is 10.6 Å². The number of aliphatic hydroxyl groups is 1. The van der Waals surface area contributed by atoms with E-state index in [2.05, 4.69) is 10.4 Å². The maximum absolute atomic E-state index is 11.2. The lowest BCUT2D eigenvalue weighted by atomic mass is 9.79. The maximum Gasteiger partial charge on any atom is 0.317 e. The van der Waals surface area contributed by atoms with E-state index >= 15 is 0 Å². The van der Waals surface area contributed by atoms with Crippen molar-refractivity contribution in [2.45, 2.75) is 31.8 Å². The molecule has 3 rings (SSSR count). The Morgan fingerprint density at radius 2 is 2.05 bits per heavy atom. The molecule has 6 nitrogen and oxygen atoms in total. The van der Waals surface area contributed by atoms with Gasteiger partial charge >= 0.3 is 6.03 Å². The zero-order chi connectivity index (χ0) is 15.0. The normalized spacial score (nSPS) is 20.9. The van der Waals surface area contributed by atoms with Gasteiger partial charge in [-0.2, -0.15) is 5.10 Å². The second kappa shape index (κ2) is 5.21. The summed E-state index contributed by atoms with van der Waals surface area (Å²) in [4.78, 5) is 11.2. The Bertz CT molecular complexity index is 660. The van der Waals surface area contributed by atoms with E-state index in [1.165, 1.54) is 0 Å². The van der Waals surface area contributed by atoms with Gasteiger partial charge in [0, 0.05) is 11.5 Å². The monoisotopic (exact) mass is 286 g/mol. The molecule has 0 unspecified atom stereocenters. The molecular weight excluding hydrogens is 268 g/mol. The number of nitrogens with zero attached hydrogens (tertiary/aromatic N) is 2. The van der Waals surface area contributed by atoms with E-state index in [1.54, 1.807) is 4.68 Å². The molecule has 0 radical (unpaired) electrons. The number of carbonyl (C=O) groups excluding carboxylic acids is 1. The van der Waals surface area contributed by atoms with Gasteiger partial charge in [0.05, 0.1) is 17.5 Å². The molecule has 0 saturated heterocycles. The molecular formula is C15H18N4O2. The molecule has 1 saturated carbocycles. The highest BCUT2D eigenvalue weighted by molar-refractivity contribution is 5.88. The third kappa shape index (κ3) is 2.50. The highest BCUT2D eigenvalue weighted by atomic mass is 16.3. The largest absolute Gasteiger partial charge is 0.393 e. The number of para-hydroxylation sites is 1. The summed E-state index contributed by atoms with van der Waals surface area (Å²) < 4.78 is 1.69. The summed E-state index contributed by atoms with van der Waals surface area (Å²) >= 11 is 0. The van der Waals surface area contributed by atoms with E-state index in [0.717, 1.165) is 16.9 Å². The lowest BCUT2D eigenvalue weighted by Crippen LogP contribution is -2.27. The van der Waals surface area contributed by atoms with Crippen LogP contribution in [-0.4, -0.2) is 27.0 Å². The van der Waals surface area contributed by atoms with E-state index in [4.69, 9.17) is 5.73 Å². The molecule has 1 aliphatic carbocycles. The molecule has 0 bridgehead atoms. The van der Waals surface area contributed by atoms with E-state index in [-0.39, 0.29) is 12.0 Å². The smallest absolute Gasteiger partial charge is 0.317 e. The quantitative estimate of drug-likeness (QED) is 0.804. The molecule has 110 valence electrons. The number of urea groups is 1. The van der Waals surface area contributed by atoms with Crippen LogP contribution in [0.2, 0.25) is 0 Å². The summed E-state index contributed by atoms with van der Waals surface area (Å²) in [5.74, 6) is 0.823. The Morgan fingerprint density at radius 1 is 1.38 bits per heavy atom. The van der Waals surface area contributed by atoms with Gasteiger partial charge in [-0.25, -0.2) is 9.48 Å². The van der Waals surface area contributed by atoms with Gasteiger partial charge in [0.2, 0.25) is 0 Å². The lowest BCUT2D eigenvalue weighted by molar-refractivity contribution is 0.0729. The second-order valence-electron chi connectivity index (χ2n) is 5.42. The minimum atomic E-state index is -0.615. The Labute approximate surface area is 122 Å². The van der Waals surface area contributed by atoms with E-state index in [1.807, 2.05) is 37.3 Å². The lowest BCUT2D eigenvalue weighted by Gasteiger charge is -2.30. The summed E-state index contributed by atoms with van der Waals surface area (Å²) in [6.45, 7) is 1.91. The SMILES string of the molecule is Cc1c(NC(N)=O)n(-c2ccccc2)nc1[C@H]1C[C@H](O)C1. The zero-order valence-electron chi connectivity index (χ0n) is 11.8. The van der Waals surface area contributed by atoms with Crippen molar-refractivity contribution < 1.29 is 9.90 Å². The van der Waals surface area contributed by atoms with Crippen molar-refractivity contribution >= 4 is 11.8 Å². The van der Waals surface area contributed by atoms with Gasteiger partial charge in [-0.05, 0) is 31.9 Å². The van der Waals surface area contributed by atoms with Gasteiger partial charge < -0.3 is 10.8 Å². The van der Waals surface area contributed by atoms with Crippen LogP contribution in [0.15, 0.2) is 30.3 Å². The van der Waals surface area contributed by atoms with Gasteiger partial charge in [0.15, 0.2) is 0 Å². The first-order valence-electron chi connectivity index (χ1n) is 6.95. The van der Waals surface area contributed by atoms with Gasteiger partial charge in [-0.15, -0.1) is 0 Å². The molecule has 1 fully saturated rings. The first-order chi connectivity index (χ1) is 10.1. The Balaban J connectivity index is 2.05. The number of rotatable bonds is 3. The summed E-state index contributed by atoms with van der Waals surface area (Å²) in [5, 5.41) is 16.8. The van der Waals surface area contributed by atoms with Crippen LogP contribution in [0, 0.1) is 6.92 Å². The fraction of sp³-hybridized carbons (Fsp3) is 0.333. The third-order valence-electron chi connectivity index (χ3n) is 3.90. The van der Waals surface area contributed by atoms with Crippen molar-refractivity contribution in [3.05, 3.63) is 41.6 Å². The summed E-state index contributed by atoms with van der Waals surface area (Å²) in [7, 11) is 0. The molecule has 1 aromatic heterocycles. The Kier molecular flexibility index (Phi) is 3.39. The van der Waals surface area contributed by atoms with E-state index in [0.29, 0.717) is 18.7 Å². The maximum atomic E-state index is 11.2. The predicted octanol–water partition coefficient (Wildman–Crippen LogP) is 1.91. The predicted molar refractivity (Wildman–Crippen MR) is 79.5 cm³/mol. The number of nitrogens with two attached hydrogens (primary N) is 1. The van der Waals surface area contributed by atoms with Gasteiger partial charge in [0.1, 0.15) is 5.82 Å². The Hall–Kier alpha value is -2.34. The number of amides is 2. The molecule has 1 aliphatic rings. The number of primary amides is 1. The number of aromatic nitrogens is 2. The van der Waals surface area contributed by atoms with Crippen molar-refractivity contribution in [1.82, 2.24) is 9.78 Å². The van der Waals surface area contributed by atoms with Gasteiger partial charge in [0.25, 0.3) is 0 Å². The first kappa shape index (κ1) is 13.6. The van der Waals surface area contributed by atoms with Crippen LogP contribution >= 0.6 is 0 Å². The number of hydrogen-bond acceptors (Lipinski definition) is 3. The number of benzene rings is 1. The van der Waals surface area contributed by atoms with Crippen LogP contribution in [0.1, 0.15) is 30.0 Å². The standard InChI is InChI=1S/C15H18N4O2/c1-9-13(10-7-12(20)8-10)18-19(14(9)17-15(16)21)11-5-3-2-4-6-11/h2-6,10,12,20H,7-8H2,1H3,(H3,16,17,21)/t10-,12-. The van der Waals surface area contributed by atoms with Crippen molar-refractivity contribution in [2.24, 2.45) is 5.73 Å². The third-order valence-corrected chi connectivity index (χ3v) is 3.90. The number of aliphatic hydroxyl groups excluding tert-OH is 1. The fourth-order valence-electron chi connectivity index (χ4n) is 2.73. The van der Waals surface area contributed by atoms with Crippen molar-refractivity contribution in [2.75, 3.05) is 5.32 Å². The van der Waals surface area contributed by atoms with Crippen molar-refractivity contribution in [1.29, 1.82) is 0 Å². The van der Waals surface area contributed by atoms with Crippen LogP contribution in [-0.2, 0) is 0 Å². The molecule has 1 heterocycles. The van der Waals surface area contributed by atoms with Crippen LogP contribution in [0.5, 0.6) is 0 Å². The van der Waals surface area contributed by atoms with Crippen LogP contribution in [0.25, 0.3) is 5.69 Å². The number of carbonyl (C=O) groups is 1. The van der Waals surface area contributed by atoms with Crippen molar-refractivity contribution in [3.63, 3.8) is 0 Å². The minimum absolute atomic E-state index is 0.235.